The zero-order chi connectivity index (χ0) is 9.68. The summed E-state index contributed by atoms with van der Waals surface area (Å²) >= 11 is 0. The van der Waals surface area contributed by atoms with Gasteiger partial charge in [-0.3, -0.25) is 4.79 Å². The molecule has 68 valence electrons. The third kappa shape index (κ3) is 2.78. The van der Waals surface area contributed by atoms with E-state index in [1.165, 1.54) is 24.3 Å². The molecule has 0 bridgehead atoms. The second kappa shape index (κ2) is 4.50. The molecular formula is C10H9FO2. The van der Waals surface area contributed by atoms with Gasteiger partial charge >= 0.3 is 0 Å². The molecule has 1 aromatic carbocycles. The van der Waals surface area contributed by atoms with Gasteiger partial charge in [-0.25, -0.2) is 4.39 Å². The first kappa shape index (κ1) is 9.58. The van der Waals surface area contributed by atoms with E-state index in [9.17, 15) is 14.0 Å². The normalized spacial score (nSPS) is 9.62. The number of halogens is 1. The average Bonchev–Trinajstić information content (AvgIpc) is 2.15. The minimum Gasteiger partial charge on any atom is -0.303 e. The van der Waals surface area contributed by atoms with E-state index in [1.807, 2.05) is 0 Å². The Morgan fingerprint density at radius 3 is 2.46 bits per heavy atom. The molecule has 0 aliphatic heterocycles. The maximum atomic E-state index is 12.4. The van der Waals surface area contributed by atoms with E-state index in [0.717, 1.165) is 0 Å². The second-order valence-electron chi connectivity index (χ2n) is 2.64. The maximum absolute atomic E-state index is 12.4. The molecule has 0 saturated carbocycles. The van der Waals surface area contributed by atoms with Crippen LogP contribution in [0.25, 0.3) is 0 Å². The SMILES string of the molecule is O=CCCC(=O)c1ccc(F)cc1. The number of hydrogen-bond acceptors (Lipinski definition) is 2. The molecule has 0 atom stereocenters. The third-order valence-electron chi connectivity index (χ3n) is 1.66. The number of Topliss-reactive ketones (excluding diaryl/α,β-unsaturated/α-hetero) is 1. The molecule has 0 spiro atoms. The molecule has 0 aliphatic rings. The molecule has 0 saturated heterocycles. The van der Waals surface area contributed by atoms with Gasteiger partial charge in [-0.1, -0.05) is 0 Å². The zero-order valence-electron chi connectivity index (χ0n) is 7.00. The van der Waals surface area contributed by atoms with Crippen molar-refractivity contribution in [1.82, 2.24) is 0 Å². The summed E-state index contributed by atoms with van der Waals surface area (Å²) in [6, 6.07) is 5.30. The molecule has 2 nitrogen and oxygen atoms in total. The highest BCUT2D eigenvalue weighted by Gasteiger charge is 2.04. The van der Waals surface area contributed by atoms with Crippen molar-refractivity contribution in [1.29, 1.82) is 0 Å². The van der Waals surface area contributed by atoms with Gasteiger partial charge in [0.2, 0.25) is 0 Å². The van der Waals surface area contributed by atoms with Crippen LogP contribution in [0.1, 0.15) is 23.2 Å². The lowest BCUT2D eigenvalue weighted by atomic mass is 10.1. The lowest BCUT2D eigenvalue weighted by molar-refractivity contribution is -0.107. The Kier molecular flexibility index (Phi) is 3.31. The van der Waals surface area contributed by atoms with E-state index in [2.05, 4.69) is 0 Å². The van der Waals surface area contributed by atoms with E-state index < -0.39 is 0 Å². The Balaban J connectivity index is 2.66. The molecule has 0 fully saturated rings. The summed E-state index contributed by atoms with van der Waals surface area (Å²) in [4.78, 5) is 21.2. The number of rotatable bonds is 4. The molecule has 0 heterocycles. The van der Waals surface area contributed by atoms with E-state index >= 15 is 0 Å². The largest absolute Gasteiger partial charge is 0.303 e. The van der Waals surface area contributed by atoms with Crippen LogP contribution in [-0.2, 0) is 4.79 Å². The predicted octanol–water partition coefficient (Wildman–Crippen LogP) is 1.99. The van der Waals surface area contributed by atoms with E-state index in [0.29, 0.717) is 11.8 Å². The quantitative estimate of drug-likeness (QED) is 0.524. The Labute approximate surface area is 75.4 Å². The molecule has 1 rings (SSSR count). The maximum Gasteiger partial charge on any atom is 0.163 e. The number of hydrogen-bond donors (Lipinski definition) is 0. The summed E-state index contributed by atoms with van der Waals surface area (Å²) in [5.41, 5.74) is 0.447. The highest BCUT2D eigenvalue weighted by Crippen LogP contribution is 2.06. The van der Waals surface area contributed by atoms with Gasteiger partial charge in [-0.05, 0) is 24.3 Å². The van der Waals surface area contributed by atoms with Gasteiger partial charge < -0.3 is 4.79 Å². The van der Waals surface area contributed by atoms with Gasteiger partial charge in [0.1, 0.15) is 12.1 Å². The zero-order valence-corrected chi connectivity index (χ0v) is 7.00. The first-order chi connectivity index (χ1) is 6.24. The number of aldehydes is 1. The number of carbonyl (C=O) groups excluding carboxylic acids is 2. The number of benzene rings is 1. The van der Waals surface area contributed by atoms with Crippen LogP contribution in [0.3, 0.4) is 0 Å². The van der Waals surface area contributed by atoms with Gasteiger partial charge in [0.15, 0.2) is 5.78 Å². The molecule has 0 unspecified atom stereocenters. The van der Waals surface area contributed by atoms with Crippen molar-refractivity contribution in [3.05, 3.63) is 35.6 Å². The Hall–Kier alpha value is -1.51. The monoisotopic (exact) mass is 180 g/mol. The van der Waals surface area contributed by atoms with Gasteiger partial charge in [-0.2, -0.15) is 0 Å². The van der Waals surface area contributed by atoms with Crippen LogP contribution < -0.4 is 0 Å². The summed E-state index contributed by atoms with van der Waals surface area (Å²) in [5.74, 6) is -0.501. The van der Waals surface area contributed by atoms with E-state index in [4.69, 9.17) is 0 Å². The molecule has 13 heavy (non-hydrogen) atoms. The van der Waals surface area contributed by atoms with Crippen LogP contribution in [0.2, 0.25) is 0 Å². The second-order valence-corrected chi connectivity index (χ2v) is 2.64. The van der Waals surface area contributed by atoms with Crippen LogP contribution in [0.5, 0.6) is 0 Å². The van der Waals surface area contributed by atoms with Gasteiger partial charge in [0.05, 0.1) is 0 Å². The van der Waals surface area contributed by atoms with E-state index in [-0.39, 0.29) is 24.4 Å². The average molecular weight is 180 g/mol. The first-order valence-corrected chi connectivity index (χ1v) is 3.96. The summed E-state index contributed by atoms with van der Waals surface area (Å²) in [5, 5.41) is 0. The molecule has 0 aromatic heterocycles. The summed E-state index contributed by atoms with van der Waals surface area (Å²) in [6.45, 7) is 0. The number of carbonyl (C=O) groups is 2. The van der Waals surface area contributed by atoms with Crippen molar-refractivity contribution in [3.63, 3.8) is 0 Å². The lowest BCUT2D eigenvalue weighted by Crippen LogP contribution is -1.98. The minimum absolute atomic E-state index is 0.132. The van der Waals surface area contributed by atoms with Gasteiger partial charge in [0, 0.05) is 18.4 Å². The van der Waals surface area contributed by atoms with Crippen LogP contribution >= 0.6 is 0 Å². The summed E-state index contributed by atoms with van der Waals surface area (Å²) < 4.78 is 12.4. The molecular weight excluding hydrogens is 171 g/mol. The van der Waals surface area contributed by atoms with Gasteiger partial charge in [0.25, 0.3) is 0 Å². The Bertz CT molecular complexity index is 303. The molecule has 3 heteroatoms. The fourth-order valence-electron chi connectivity index (χ4n) is 0.970. The Morgan fingerprint density at radius 1 is 1.31 bits per heavy atom. The molecule has 0 radical (unpaired) electrons. The predicted molar refractivity (Wildman–Crippen MR) is 46.0 cm³/mol. The molecule has 0 amide bonds. The highest BCUT2D eigenvalue weighted by atomic mass is 19.1. The fraction of sp³-hybridized carbons (Fsp3) is 0.200. The minimum atomic E-state index is -0.369. The molecule has 0 N–H and O–H groups in total. The summed E-state index contributed by atoms with van der Waals surface area (Å²) in [6.07, 6.45) is 1.10. The van der Waals surface area contributed by atoms with Crippen molar-refractivity contribution in [2.75, 3.05) is 0 Å². The van der Waals surface area contributed by atoms with Crippen LogP contribution in [0.15, 0.2) is 24.3 Å². The Morgan fingerprint density at radius 2 is 1.92 bits per heavy atom. The summed E-state index contributed by atoms with van der Waals surface area (Å²) in [7, 11) is 0. The van der Waals surface area contributed by atoms with Crippen molar-refractivity contribution in [3.8, 4) is 0 Å². The van der Waals surface area contributed by atoms with Crippen molar-refractivity contribution < 1.29 is 14.0 Å². The van der Waals surface area contributed by atoms with Crippen LogP contribution in [0, 0.1) is 5.82 Å². The molecule has 0 aliphatic carbocycles. The van der Waals surface area contributed by atoms with Gasteiger partial charge in [-0.15, -0.1) is 0 Å². The van der Waals surface area contributed by atoms with E-state index in [1.54, 1.807) is 0 Å². The highest BCUT2D eigenvalue weighted by molar-refractivity contribution is 5.96. The topological polar surface area (TPSA) is 34.1 Å². The van der Waals surface area contributed by atoms with Crippen molar-refractivity contribution in [2.45, 2.75) is 12.8 Å². The molecule has 1 aromatic rings. The van der Waals surface area contributed by atoms with Crippen LogP contribution in [0.4, 0.5) is 4.39 Å². The smallest absolute Gasteiger partial charge is 0.163 e. The fourth-order valence-corrected chi connectivity index (χ4v) is 0.970. The first-order valence-electron chi connectivity index (χ1n) is 3.96. The third-order valence-corrected chi connectivity index (χ3v) is 1.66. The lowest BCUT2D eigenvalue weighted by Gasteiger charge is -1.97. The standard InChI is InChI=1S/C10H9FO2/c11-9-5-3-8(4-6-9)10(13)2-1-7-12/h3-7H,1-2H2. The number of ketones is 1. The van der Waals surface area contributed by atoms with Crippen molar-refractivity contribution >= 4 is 12.1 Å². The van der Waals surface area contributed by atoms with Crippen LogP contribution in [-0.4, -0.2) is 12.1 Å². The van der Waals surface area contributed by atoms with Crippen molar-refractivity contribution in [2.24, 2.45) is 0 Å².